The molecule has 0 aliphatic heterocycles. The fraction of sp³-hybridized carbons (Fsp3) is 0.857. The van der Waals surface area contributed by atoms with Crippen molar-refractivity contribution in [1.29, 1.82) is 0 Å². The molecule has 0 heterocycles. The number of esters is 1. The molecule has 0 N–H and O–H groups in total. The Balaban J connectivity index is 3.19. The van der Waals surface area contributed by atoms with E-state index in [1.54, 1.807) is 20.8 Å². The van der Waals surface area contributed by atoms with Gasteiger partial charge in [-0.05, 0) is 20.8 Å². The summed E-state index contributed by atoms with van der Waals surface area (Å²) in [6, 6.07) is 0. The molecular formula is C14H26O7. The van der Waals surface area contributed by atoms with E-state index in [1.807, 2.05) is 0 Å². The lowest BCUT2D eigenvalue weighted by Crippen LogP contribution is -2.27. The van der Waals surface area contributed by atoms with E-state index in [4.69, 9.17) is 23.7 Å². The maximum atomic E-state index is 11.3. The van der Waals surface area contributed by atoms with Crippen molar-refractivity contribution < 1.29 is 33.3 Å². The van der Waals surface area contributed by atoms with E-state index in [9.17, 15) is 9.59 Å². The highest BCUT2D eigenvalue weighted by Gasteiger charge is 2.15. The number of rotatable bonds is 13. The fourth-order valence-electron chi connectivity index (χ4n) is 1.22. The number of hydrogen-bond acceptors (Lipinski definition) is 7. The van der Waals surface area contributed by atoms with Gasteiger partial charge in [-0.15, -0.1) is 0 Å². The zero-order valence-corrected chi connectivity index (χ0v) is 13.1. The Morgan fingerprint density at radius 1 is 0.857 bits per heavy atom. The Hall–Kier alpha value is -1.02. The first-order valence-corrected chi connectivity index (χ1v) is 6.92. The lowest BCUT2D eigenvalue weighted by Gasteiger charge is -2.19. The highest BCUT2D eigenvalue weighted by Crippen LogP contribution is 2.06. The quantitative estimate of drug-likeness (QED) is 0.280. The number of ether oxygens (including phenoxy) is 5. The smallest absolute Gasteiger partial charge is 0.332 e. The summed E-state index contributed by atoms with van der Waals surface area (Å²) in [5, 5.41) is 0. The number of carbonyl (C=O) groups excluding carboxylic acids is 2. The van der Waals surface area contributed by atoms with Crippen LogP contribution in [0.2, 0.25) is 0 Å². The number of carbonyl (C=O) groups is 2. The van der Waals surface area contributed by atoms with Crippen LogP contribution in [0.1, 0.15) is 20.8 Å². The largest absolute Gasteiger partial charge is 0.458 e. The Bertz CT molecular complexity index is 273. The van der Waals surface area contributed by atoms with Crippen molar-refractivity contribution in [1.82, 2.24) is 0 Å². The van der Waals surface area contributed by atoms with Gasteiger partial charge in [0.15, 0.2) is 0 Å². The van der Waals surface area contributed by atoms with Crippen molar-refractivity contribution in [2.45, 2.75) is 26.4 Å². The highest BCUT2D eigenvalue weighted by atomic mass is 16.6. The van der Waals surface area contributed by atoms with Crippen molar-refractivity contribution in [3.8, 4) is 0 Å². The van der Waals surface area contributed by atoms with E-state index >= 15 is 0 Å². The first-order chi connectivity index (χ1) is 9.95. The molecule has 0 spiro atoms. The number of aldehydes is 1. The molecule has 0 saturated heterocycles. The van der Waals surface area contributed by atoms with Crippen LogP contribution >= 0.6 is 0 Å². The molecule has 0 rings (SSSR count). The molecule has 7 nitrogen and oxygen atoms in total. The molecule has 124 valence electrons. The van der Waals surface area contributed by atoms with Gasteiger partial charge in [0.1, 0.15) is 25.1 Å². The monoisotopic (exact) mass is 306 g/mol. The fourth-order valence-corrected chi connectivity index (χ4v) is 1.22. The standard InChI is InChI=1S/C14H26O7/c1-14(2,3)21-13(16)12-20-11-10-19-9-8-18-7-6-17-5-4-15/h4H,5-12H2,1-3H3. The summed E-state index contributed by atoms with van der Waals surface area (Å²) >= 11 is 0. The molecular weight excluding hydrogens is 280 g/mol. The molecule has 0 fully saturated rings. The van der Waals surface area contributed by atoms with Gasteiger partial charge in [-0.2, -0.15) is 0 Å². The lowest BCUT2D eigenvalue weighted by molar-refractivity contribution is -0.160. The maximum absolute atomic E-state index is 11.3. The van der Waals surface area contributed by atoms with E-state index in [2.05, 4.69) is 0 Å². The second-order valence-electron chi connectivity index (χ2n) is 5.11. The molecule has 0 aliphatic carbocycles. The van der Waals surface area contributed by atoms with Gasteiger partial charge in [0.25, 0.3) is 0 Å². The van der Waals surface area contributed by atoms with Gasteiger partial charge in [-0.3, -0.25) is 0 Å². The Kier molecular flexibility index (Phi) is 12.1. The van der Waals surface area contributed by atoms with Crippen molar-refractivity contribution in [3.63, 3.8) is 0 Å². The Morgan fingerprint density at radius 2 is 1.33 bits per heavy atom. The van der Waals surface area contributed by atoms with Gasteiger partial charge < -0.3 is 28.5 Å². The van der Waals surface area contributed by atoms with Crippen molar-refractivity contribution in [2.24, 2.45) is 0 Å². The third-order valence-electron chi connectivity index (χ3n) is 1.94. The molecule has 0 atom stereocenters. The van der Waals surface area contributed by atoms with E-state index in [-0.39, 0.29) is 19.2 Å². The summed E-state index contributed by atoms with van der Waals surface area (Å²) in [6.07, 6.45) is 0.695. The third-order valence-corrected chi connectivity index (χ3v) is 1.94. The number of hydrogen-bond donors (Lipinski definition) is 0. The van der Waals surface area contributed by atoms with Gasteiger partial charge >= 0.3 is 5.97 Å². The Morgan fingerprint density at radius 3 is 1.81 bits per heavy atom. The van der Waals surface area contributed by atoms with Crippen molar-refractivity contribution in [3.05, 3.63) is 0 Å². The summed E-state index contributed by atoms with van der Waals surface area (Å²) in [5.74, 6) is -0.388. The van der Waals surface area contributed by atoms with Gasteiger partial charge in [0, 0.05) is 0 Å². The van der Waals surface area contributed by atoms with Crippen LogP contribution in [-0.2, 0) is 33.3 Å². The third kappa shape index (κ3) is 16.9. The van der Waals surface area contributed by atoms with Crippen LogP contribution in [0.4, 0.5) is 0 Å². The summed E-state index contributed by atoms with van der Waals surface area (Å²) < 4.78 is 25.5. The van der Waals surface area contributed by atoms with Crippen LogP contribution in [0.5, 0.6) is 0 Å². The minimum Gasteiger partial charge on any atom is -0.458 e. The molecule has 0 aromatic heterocycles. The van der Waals surface area contributed by atoms with Crippen molar-refractivity contribution in [2.75, 3.05) is 52.9 Å². The highest BCUT2D eigenvalue weighted by molar-refractivity contribution is 5.71. The molecule has 0 aromatic carbocycles. The predicted octanol–water partition coefficient (Wildman–Crippen LogP) is 0.593. The summed E-state index contributed by atoms with van der Waals surface area (Å²) in [4.78, 5) is 21.2. The van der Waals surface area contributed by atoms with Crippen LogP contribution in [0.25, 0.3) is 0 Å². The molecule has 0 aliphatic rings. The summed E-state index contributed by atoms with van der Waals surface area (Å²) in [7, 11) is 0. The average Bonchev–Trinajstić information content (AvgIpc) is 2.38. The first kappa shape index (κ1) is 20.0. The SMILES string of the molecule is CC(C)(C)OC(=O)COCCOCCOCCOCC=O. The first-order valence-electron chi connectivity index (χ1n) is 6.92. The van der Waals surface area contributed by atoms with E-state index in [0.29, 0.717) is 45.9 Å². The van der Waals surface area contributed by atoms with Crippen LogP contribution < -0.4 is 0 Å². The minimum atomic E-state index is -0.496. The van der Waals surface area contributed by atoms with Gasteiger partial charge in [-0.25, -0.2) is 4.79 Å². The molecule has 21 heavy (non-hydrogen) atoms. The molecule has 0 saturated carbocycles. The second-order valence-corrected chi connectivity index (χ2v) is 5.11. The predicted molar refractivity (Wildman–Crippen MR) is 75.2 cm³/mol. The molecule has 0 aromatic rings. The Labute approximate surface area is 125 Å². The van der Waals surface area contributed by atoms with E-state index in [0.717, 1.165) is 0 Å². The molecule has 7 heteroatoms. The van der Waals surface area contributed by atoms with Crippen LogP contribution in [0.15, 0.2) is 0 Å². The topological polar surface area (TPSA) is 80.3 Å². The zero-order valence-electron chi connectivity index (χ0n) is 13.1. The van der Waals surface area contributed by atoms with E-state index < -0.39 is 5.60 Å². The van der Waals surface area contributed by atoms with Gasteiger partial charge in [0.05, 0.1) is 39.6 Å². The summed E-state index contributed by atoms with van der Waals surface area (Å²) in [6.45, 7) is 7.81. The van der Waals surface area contributed by atoms with Gasteiger partial charge in [0.2, 0.25) is 0 Å². The molecule has 0 radical (unpaired) electrons. The van der Waals surface area contributed by atoms with Crippen LogP contribution in [-0.4, -0.2) is 70.7 Å². The average molecular weight is 306 g/mol. The summed E-state index contributed by atoms with van der Waals surface area (Å²) in [5.41, 5.74) is -0.496. The maximum Gasteiger partial charge on any atom is 0.332 e. The van der Waals surface area contributed by atoms with Crippen LogP contribution in [0.3, 0.4) is 0 Å². The molecule has 0 unspecified atom stereocenters. The van der Waals surface area contributed by atoms with Crippen LogP contribution in [0, 0.1) is 0 Å². The normalized spacial score (nSPS) is 11.4. The zero-order chi connectivity index (χ0) is 16.0. The lowest BCUT2D eigenvalue weighted by atomic mass is 10.2. The molecule has 0 amide bonds. The molecule has 0 bridgehead atoms. The second kappa shape index (κ2) is 12.7. The van der Waals surface area contributed by atoms with Crippen molar-refractivity contribution >= 4 is 12.3 Å². The van der Waals surface area contributed by atoms with E-state index in [1.165, 1.54) is 0 Å². The minimum absolute atomic E-state index is 0.0782. The van der Waals surface area contributed by atoms with Gasteiger partial charge in [-0.1, -0.05) is 0 Å².